The largest absolute Gasteiger partial charge is 0.461 e. The van der Waals surface area contributed by atoms with Crippen LogP contribution in [0.5, 0.6) is 0 Å². The maximum atomic E-state index is 13.3. The number of piperazine rings is 1. The summed E-state index contributed by atoms with van der Waals surface area (Å²) in [4.78, 5) is 32.9. The molecule has 32 heavy (non-hydrogen) atoms. The average molecular weight is 461 g/mol. The molecule has 2 aliphatic heterocycles. The van der Waals surface area contributed by atoms with Crippen molar-refractivity contribution in [2.24, 2.45) is 7.05 Å². The van der Waals surface area contributed by atoms with Crippen molar-refractivity contribution in [1.29, 1.82) is 0 Å². The first-order valence-electron chi connectivity index (χ1n) is 11.2. The SMILES string of the molecule is Cc1c(N2CCN(C)CC2)c(P)cc2c(=O)c(C(=O)OCCN3CCOCC3)cn(C)c12. The zero-order valence-corrected chi connectivity index (χ0v) is 20.4. The van der Waals surface area contributed by atoms with Gasteiger partial charge in [-0.3, -0.25) is 9.69 Å². The summed E-state index contributed by atoms with van der Waals surface area (Å²) in [5.74, 6) is -0.563. The molecule has 1 atom stereocenters. The number of likely N-dealkylation sites (N-methyl/N-ethyl adjacent to an activating group) is 1. The van der Waals surface area contributed by atoms with Crippen LogP contribution in [0.25, 0.3) is 10.9 Å². The lowest BCUT2D eigenvalue weighted by Gasteiger charge is -2.36. The summed E-state index contributed by atoms with van der Waals surface area (Å²) >= 11 is 0. The lowest BCUT2D eigenvalue weighted by molar-refractivity contribution is 0.0195. The molecule has 4 rings (SSSR count). The lowest BCUT2D eigenvalue weighted by Crippen LogP contribution is -2.46. The first kappa shape index (κ1) is 23.2. The number of benzene rings is 1. The van der Waals surface area contributed by atoms with Gasteiger partial charge in [-0.2, -0.15) is 0 Å². The van der Waals surface area contributed by atoms with Crippen LogP contribution < -0.4 is 15.6 Å². The fraction of sp³-hybridized carbons (Fsp3) is 0.565. The Hall–Kier alpha value is -1.99. The number of hydrogen-bond donors (Lipinski definition) is 0. The van der Waals surface area contributed by atoms with Gasteiger partial charge in [0.25, 0.3) is 0 Å². The van der Waals surface area contributed by atoms with Gasteiger partial charge in [0.15, 0.2) is 0 Å². The van der Waals surface area contributed by atoms with E-state index in [4.69, 9.17) is 9.47 Å². The van der Waals surface area contributed by atoms with Crippen molar-refractivity contribution in [3.63, 3.8) is 0 Å². The molecule has 2 saturated heterocycles. The van der Waals surface area contributed by atoms with E-state index in [-0.39, 0.29) is 17.6 Å². The summed E-state index contributed by atoms with van der Waals surface area (Å²) in [7, 11) is 6.80. The van der Waals surface area contributed by atoms with E-state index in [0.29, 0.717) is 25.1 Å². The van der Waals surface area contributed by atoms with Gasteiger partial charge in [0.05, 0.1) is 18.7 Å². The molecule has 0 amide bonds. The van der Waals surface area contributed by atoms with Crippen LogP contribution in [0.1, 0.15) is 15.9 Å². The van der Waals surface area contributed by atoms with Crippen LogP contribution >= 0.6 is 9.24 Å². The van der Waals surface area contributed by atoms with Crippen molar-refractivity contribution in [2.75, 3.05) is 77.6 Å². The average Bonchev–Trinajstić information content (AvgIpc) is 2.77. The Balaban J connectivity index is 1.59. The number of fused-ring (bicyclic) bond motifs is 1. The highest BCUT2D eigenvalue weighted by atomic mass is 31.0. The Morgan fingerprint density at radius 2 is 1.81 bits per heavy atom. The van der Waals surface area contributed by atoms with Crippen molar-refractivity contribution < 1.29 is 14.3 Å². The number of nitrogens with zero attached hydrogens (tertiary/aromatic N) is 4. The standard InChI is InChI=1S/C23H33N4O4P/c1-16-20-17(14-19(32)21(16)27-6-4-24(2)5-7-27)22(28)18(15-25(20)3)23(29)31-13-10-26-8-11-30-12-9-26/h14-15H,4-13,32H2,1-3H3. The number of ether oxygens (including phenoxy) is 2. The smallest absolute Gasteiger partial charge is 0.343 e. The summed E-state index contributed by atoms with van der Waals surface area (Å²) in [5.41, 5.74) is 2.89. The summed E-state index contributed by atoms with van der Waals surface area (Å²) < 4.78 is 12.7. The molecule has 3 heterocycles. The van der Waals surface area contributed by atoms with Crippen LogP contribution in [-0.4, -0.2) is 93.0 Å². The van der Waals surface area contributed by atoms with Crippen LogP contribution in [0.3, 0.4) is 0 Å². The summed E-state index contributed by atoms with van der Waals surface area (Å²) in [6, 6.07) is 1.90. The van der Waals surface area contributed by atoms with Gasteiger partial charge in [-0.15, -0.1) is 9.24 Å². The third kappa shape index (κ3) is 4.69. The second kappa shape index (κ2) is 9.87. The molecule has 8 nitrogen and oxygen atoms in total. The predicted octanol–water partition coefficient (Wildman–Crippen LogP) is 0.588. The Morgan fingerprint density at radius 1 is 1.12 bits per heavy atom. The Labute approximate surface area is 191 Å². The molecule has 2 fully saturated rings. The normalized spacial score (nSPS) is 18.3. The number of aromatic nitrogens is 1. The topological polar surface area (TPSA) is 67.2 Å². The third-order valence-electron chi connectivity index (χ3n) is 6.49. The Morgan fingerprint density at radius 3 is 2.50 bits per heavy atom. The second-order valence-electron chi connectivity index (χ2n) is 8.70. The van der Waals surface area contributed by atoms with Crippen molar-refractivity contribution in [3.05, 3.63) is 33.6 Å². The minimum Gasteiger partial charge on any atom is -0.461 e. The van der Waals surface area contributed by atoms with E-state index in [1.165, 1.54) is 0 Å². The van der Waals surface area contributed by atoms with E-state index in [1.807, 2.05) is 17.7 Å². The van der Waals surface area contributed by atoms with E-state index in [2.05, 4.69) is 37.9 Å². The molecule has 1 unspecified atom stereocenters. The number of hydrogen-bond acceptors (Lipinski definition) is 7. The number of morpholine rings is 1. The highest BCUT2D eigenvalue weighted by Gasteiger charge is 2.23. The van der Waals surface area contributed by atoms with Crippen molar-refractivity contribution in [1.82, 2.24) is 14.4 Å². The molecule has 0 N–H and O–H groups in total. The van der Waals surface area contributed by atoms with Crippen LogP contribution in [-0.2, 0) is 16.5 Å². The van der Waals surface area contributed by atoms with Gasteiger partial charge in [-0.25, -0.2) is 4.79 Å². The van der Waals surface area contributed by atoms with E-state index in [1.54, 1.807) is 6.20 Å². The molecule has 1 aromatic carbocycles. The number of carbonyl (C=O) groups is 1. The highest BCUT2D eigenvalue weighted by Crippen LogP contribution is 2.28. The van der Waals surface area contributed by atoms with E-state index < -0.39 is 5.97 Å². The predicted molar refractivity (Wildman–Crippen MR) is 131 cm³/mol. The van der Waals surface area contributed by atoms with E-state index in [9.17, 15) is 9.59 Å². The molecule has 9 heteroatoms. The minimum absolute atomic E-state index is 0.0816. The minimum atomic E-state index is -0.563. The van der Waals surface area contributed by atoms with Gasteiger partial charge >= 0.3 is 5.97 Å². The van der Waals surface area contributed by atoms with Gasteiger partial charge in [-0.1, -0.05) is 0 Å². The van der Waals surface area contributed by atoms with Crippen molar-refractivity contribution in [2.45, 2.75) is 6.92 Å². The first-order chi connectivity index (χ1) is 15.4. The number of carbonyl (C=O) groups excluding carboxylic acids is 1. The number of esters is 1. The van der Waals surface area contributed by atoms with Crippen LogP contribution in [0.2, 0.25) is 0 Å². The second-order valence-corrected chi connectivity index (χ2v) is 9.32. The van der Waals surface area contributed by atoms with Crippen LogP contribution in [0.15, 0.2) is 17.1 Å². The van der Waals surface area contributed by atoms with Gasteiger partial charge in [0.2, 0.25) is 5.43 Å². The first-order valence-corrected chi connectivity index (χ1v) is 11.8. The molecule has 2 aromatic rings. The number of anilines is 1. The molecule has 0 spiro atoms. The molecule has 0 radical (unpaired) electrons. The molecule has 1 aromatic heterocycles. The molecule has 0 saturated carbocycles. The molecule has 2 aliphatic rings. The maximum Gasteiger partial charge on any atom is 0.343 e. The third-order valence-corrected chi connectivity index (χ3v) is 6.93. The van der Waals surface area contributed by atoms with Crippen LogP contribution in [0.4, 0.5) is 5.69 Å². The maximum absolute atomic E-state index is 13.3. The van der Waals surface area contributed by atoms with E-state index >= 15 is 0 Å². The molecule has 174 valence electrons. The van der Waals surface area contributed by atoms with E-state index in [0.717, 1.165) is 61.3 Å². The molecule has 0 bridgehead atoms. The Bertz CT molecular complexity index is 1060. The fourth-order valence-electron chi connectivity index (χ4n) is 4.68. The lowest BCUT2D eigenvalue weighted by atomic mass is 10.0. The fourth-order valence-corrected chi connectivity index (χ4v) is 5.24. The zero-order chi connectivity index (χ0) is 22.8. The number of aryl methyl sites for hydroxylation is 2. The molecular weight excluding hydrogens is 427 g/mol. The van der Waals surface area contributed by atoms with Gasteiger partial charge in [0, 0.05) is 70.1 Å². The zero-order valence-electron chi connectivity index (χ0n) is 19.2. The van der Waals surface area contributed by atoms with Gasteiger partial charge in [-0.05, 0) is 30.9 Å². The summed E-state index contributed by atoms with van der Waals surface area (Å²) in [6.07, 6.45) is 1.62. The summed E-state index contributed by atoms with van der Waals surface area (Å²) in [6.45, 7) is 9.95. The number of pyridine rings is 1. The quantitative estimate of drug-likeness (QED) is 0.478. The van der Waals surface area contributed by atoms with Crippen LogP contribution in [0, 0.1) is 6.92 Å². The molecule has 0 aliphatic carbocycles. The number of rotatable bonds is 5. The van der Waals surface area contributed by atoms with Crippen molar-refractivity contribution in [3.8, 4) is 0 Å². The Kier molecular flexibility index (Phi) is 7.15. The van der Waals surface area contributed by atoms with Crippen molar-refractivity contribution >= 4 is 37.1 Å². The van der Waals surface area contributed by atoms with Gasteiger partial charge in [0.1, 0.15) is 12.2 Å². The monoisotopic (exact) mass is 460 g/mol. The highest BCUT2D eigenvalue weighted by molar-refractivity contribution is 7.28. The summed E-state index contributed by atoms with van der Waals surface area (Å²) in [5, 5.41) is 1.53. The molecular formula is C23H33N4O4P. The van der Waals surface area contributed by atoms with Gasteiger partial charge < -0.3 is 23.8 Å².